The Labute approximate surface area is 150 Å². The molecule has 0 radical (unpaired) electrons. The summed E-state index contributed by atoms with van der Waals surface area (Å²) >= 11 is 0. The highest BCUT2D eigenvalue weighted by molar-refractivity contribution is 6.04. The first kappa shape index (κ1) is 17.7. The molecule has 0 spiro atoms. The van der Waals surface area contributed by atoms with Gasteiger partial charge in [0, 0.05) is 18.5 Å². The van der Waals surface area contributed by atoms with Crippen LogP contribution in [0, 0.1) is 5.82 Å². The molecule has 0 aromatic heterocycles. The molecule has 1 aliphatic heterocycles. The number of oxime groups is 1. The number of hydrogen-bond acceptors (Lipinski definition) is 5. The fourth-order valence-corrected chi connectivity index (χ4v) is 2.61. The van der Waals surface area contributed by atoms with Crippen molar-refractivity contribution >= 4 is 11.6 Å². The number of carbonyl (C=O) groups is 1. The van der Waals surface area contributed by atoms with Gasteiger partial charge in [-0.05, 0) is 35.9 Å². The average Bonchev–Trinajstić information content (AvgIpc) is 3.17. The van der Waals surface area contributed by atoms with Gasteiger partial charge in [-0.25, -0.2) is 4.39 Å². The number of rotatable bonds is 6. The SMILES string of the molecule is COc1ccc(C2=NO[C@@H](C(=O)NCc3ccc(F)cc3)C2)cc1OC. The lowest BCUT2D eigenvalue weighted by Crippen LogP contribution is -2.34. The molecule has 1 atom stereocenters. The number of hydrogen-bond donors (Lipinski definition) is 1. The summed E-state index contributed by atoms with van der Waals surface area (Å²) in [6.45, 7) is 0.296. The Kier molecular flexibility index (Phi) is 5.36. The van der Waals surface area contributed by atoms with Gasteiger partial charge in [0.25, 0.3) is 5.91 Å². The topological polar surface area (TPSA) is 69.2 Å². The number of amides is 1. The standard InChI is InChI=1S/C19H19FN2O4/c1-24-16-8-5-13(9-17(16)25-2)15-10-18(26-22-15)19(23)21-11-12-3-6-14(20)7-4-12/h3-9,18H,10-11H2,1-2H3,(H,21,23)/t18-/m1/s1. The van der Waals surface area contributed by atoms with Gasteiger partial charge >= 0.3 is 0 Å². The van der Waals surface area contributed by atoms with Crippen molar-refractivity contribution in [2.75, 3.05) is 14.2 Å². The van der Waals surface area contributed by atoms with Gasteiger partial charge in [0.15, 0.2) is 11.5 Å². The molecule has 2 aromatic rings. The summed E-state index contributed by atoms with van der Waals surface area (Å²) in [6, 6.07) is 11.4. The highest BCUT2D eigenvalue weighted by Gasteiger charge is 2.29. The van der Waals surface area contributed by atoms with E-state index >= 15 is 0 Å². The maximum absolute atomic E-state index is 12.9. The van der Waals surface area contributed by atoms with Gasteiger partial charge in [-0.15, -0.1) is 0 Å². The van der Waals surface area contributed by atoms with E-state index in [2.05, 4.69) is 10.5 Å². The fraction of sp³-hybridized carbons (Fsp3) is 0.263. The molecule has 0 bridgehead atoms. The fourth-order valence-electron chi connectivity index (χ4n) is 2.61. The first-order valence-electron chi connectivity index (χ1n) is 8.08. The summed E-state index contributed by atoms with van der Waals surface area (Å²) < 4.78 is 23.4. The third-order valence-electron chi connectivity index (χ3n) is 4.06. The van der Waals surface area contributed by atoms with Crippen LogP contribution in [0.3, 0.4) is 0 Å². The molecule has 2 aromatic carbocycles. The van der Waals surface area contributed by atoms with Crippen LogP contribution in [0.25, 0.3) is 0 Å². The number of halogens is 1. The summed E-state index contributed by atoms with van der Waals surface area (Å²) in [5.74, 6) is 0.613. The molecule has 1 amide bonds. The number of carbonyl (C=O) groups excluding carboxylic acids is 1. The van der Waals surface area contributed by atoms with Gasteiger partial charge < -0.3 is 19.6 Å². The number of nitrogens with one attached hydrogen (secondary N) is 1. The van der Waals surface area contributed by atoms with Crippen LogP contribution < -0.4 is 14.8 Å². The lowest BCUT2D eigenvalue weighted by atomic mass is 10.0. The molecule has 1 N–H and O–H groups in total. The first-order chi connectivity index (χ1) is 12.6. The summed E-state index contributed by atoms with van der Waals surface area (Å²) in [7, 11) is 3.12. The molecule has 3 rings (SSSR count). The van der Waals surface area contributed by atoms with Crippen LogP contribution in [0.5, 0.6) is 11.5 Å². The largest absolute Gasteiger partial charge is 0.493 e. The highest BCUT2D eigenvalue weighted by Crippen LogP contribution is 2.29. The number of methoxy groups -OCH3 is 2. The minimum atomic E-state index is -0.696. The quantitative estimate of drug-likeness (QED) is 0.862. The Bertz CT molecular complexity index is 821. The third-order valence-corrected chi connectivity index (χ3v) is 4.06. The Morgan fingerprint density at radius 2 is 1.92 bits per heavy atom. The Balaban J connectivity index is 1.59. The molecule has 136 valence electrons. The maximum atomic E-state index is 12.9. The predicted molar refractivity (Wildman–Crippen MR) is 93.8 cm³/mol. The Morgan fingerprint density at radius 3 is 2.62 bits per heavy atom. The van der Waals surface area contributed by atoms with Crippen molar-refractivity contribution in [1.29, 1.82) is 0 Å². The number of ether oxygens (including phenoxy) is 2. The number of benzene rings is 2. The Hall–Kier alpha value is -3.09. The van der Waals surface area contributed by atoms with E-state index in [0.717, 1.165) is 11.1 Å². The molecule has 0 fully saturated rings. The van der Waals surface area contributed by atoms with E-state index in [4.69, 9.17) is 14.3 Å². The molecule has 0 saturated heterocycles. The minimum Gasteiger partial charge on any atom is -0.493 e. The first-order valence-corrected chi connectivity index (χ1v) is 8.08. The smallest absolute Gasteiger partial charge is 0.264 e. The van der Waals surface area contributed by atoms with Crippen LogP contribution in [0.15, 0.2) is 47.6 Å². The van der Waals surface area contributed by atoms with Gasteiger partial charge in [0.1, 0.15) is 5.82 Å². The van der Waals surface area contributed by atoms with Gasteiger partial charge in [0.2, 0.25) is 6.10 Å². The molecule has 7 heteroatoms. The monoisotopic (exact) mass is 358 g/mol. The van der Waals surface area contributed by atoms with Crippen LogP contribution >= 0.6 is 0 Å². The summed E-state index contributed by atoms with van der Waals surface area (Å²) in [4.78, 5) is 17.5. The lowest BCUT2D eigenvalue weighted by Gasteiger charge is -2.10. The van der Waals surface area contributed by atoms with E-state index in [1.165, 1.54) is 12.1 Å². The molecule has 1 heterocycles. The summed E-state index contributed by atoms with van der Waals surface area (Å²) in [5.41, 5.74) is 2.27. The van der Waals surface area contributed by atoms with Crippen molar-refractivity contribution in [2.24, 2.45) is 5.16 Å². The summed E-state index contributed by atoms with van der Waals surface area (Å²) in [5, 5.41) is 6.78. The number of nitrogens with zero attached hydrogens (tertiary/aromatic N) is 1. The van der Waals surface area contributed by atoms with E-state index < -0.39 is 6.10 Å². The second kappa shape index (κ2) is 7.86. The normalized spacial score (nSPS) is 15.8. The molecular formula is C19H19FN2O4. The molecule has 6 nitrogen and oxygen atoms in total. The van der Waals surface area contributed by atoms with Crippen molar-refractivity contribution in [3.05, 3.63) is 59.4 Å². The van der Waals surface area contributed by atoms with Crippen molar-refractivity contribution in [3.63, 3.8) is 0 Å². The predicted octanol–water partition coefficient (Wildman–Crippen LogP) is 2.65. The van der Waals surface area contributed by atoms with Gasteiger partial charge in [-0.1, -0.05) is 17.3 Å². The molecule has 1 aliphatic rings. The van der Waals surface area contributed by atoms with E-state index in [9.17, 15) is 9.18 Å². The molecular weight excluding hydrogens is 339 g/mol. The van der Waals surface area contributed by atoms with Crippen molar-refractivity contribution in [2.45, 2.75) is 19.1 Å². The zero-order chi connectivity index (χ0) is 18.5. The second-order valence-corrected chi connectivity index (χ2v) is 5.75. The molecule has 0 aliphatic carbocycles. The van der Waals surface area contributed by atoms with E-state index in [1.54, 1.807) is 38.5 Å². The van der Waals surface area contributed by atoms with Crippen molar-refractivity contribution in [3.8, 4) is 11.5 Å². The zero-order valence-corrected chi connectivity index (χ0v) is 14.5. The van der Waals surface area contributed by atoms with Gasteiger partial charge in [-0.2, -0.15) is 0 Å². The van der Waals surface area contributed by atoms with Gasteiger partial charge in [-0.3, -0.25) is 4.79 Å². The minimum absolute atomic E-state index is 0.270. The van der Waals surface area contributed by atoms with E-state index in [0.29, 0.717) is 30.2 Å². The van der Waals surface area contributed by atoms with Crippen LogP contribution in [-0.4, -0.2) is 31.9 Å². The van der Waals surface area contributed by atoms with Crippen molar-refractivity contribution in [1.82, 2.24) is 5.32 Å². The average molecular weight is 358 g/mol. The lowest BCUT2D eigenvalue weighted by molar-refractivity contribution is -0.131. The highest BCUT2D eigenvalue weighted by atomic mass is 19.1. The third kappa shape index (κ3) is 3.93. The molecule has 0 saturated carbocycles. The van der Waals surface area contributed by atoms with Crippen LogP contribution in [0.2, 0.25) is 0 Å². The zero-order valence-electron chi connectivity index (χ0n) is 14.5. The maximum Gasteiger partial charge on any atom is 0.264 e. The Morgan fingerprint density at radius 1 is 1.19 bits per heavy atom. The van der Waals surface area contributed by atoms with E-state index in [-0.39, 0.29) is 11.7 Å². The van der Waals surface area contributed by atoms with Crippen molar-refractivity contribution < 1.29 is 23.5 Å². The van der Waals surface area contributed by atoms with E-state index in [1.807, 2.05) is 6.07 Å². The van der Waals surface area contributed by atoms with Gasteiger partial charge in [0.05, 0.1) is 19.9 Å². The second-order valence-electron chi connectivity index (χ2n) is 5.75. The summed E-state index contributed by atoms with van der Waals surface area (Å²) in [6.07, 6.45) is -0.344. The van der Waals surface area contributed by atoms with Crippen LogP contribution in [0.1, 0.15) is 17.5 Å². The molecule has 26 heavy (non-hydrogen) atoms. The molecule has 0 unspecified atom stereocenters. The van der Waals surface area contributed by atoms with Crippen LogP contribution in [-0.2, 0) is 16.2 Å². The van der Waals surface area contributed by atoms with Crippen LogP contribution in [0.4, 0.5) is 4.39 Å².